The SMILES string of the molecule is CCC[C@H]1CN(c2cccc(-c3n[nH]c4ncccc34)n2)CC(F)(F)CN1. The molecule has 3 aromatic heterocycles. The molecule has 1 aliphatic heterocycles. The maximum Gasteiger partial charge on any atom is 0.277 e. The van der Waals surface area contributed by atoms with E-state index in [2.05, 4.69) is 32.4 Å². The Bertz CT molecular complexity index is 925. The van der Waals surface area contributed by atoms with E-state index >= 15 is 0 Å². The molecule has 0 spiro atoms. The van der Waals surface area contributed by atoms with Crippen LogP contribution in [0.5, 0.6) is 0 Å². The molecule has 0 unspecified atom stereocenters. The average Bonchev–Trinajstić information content (AvgIpc) is 3.03. The summed E-state index contributed by atoms with van der Waals surface area (Å²) < 4.78 is 28.5. The van der Waals surface area contributed by atoms with E-state index in [1.165, 1.54) is 0 Å². The van der Waals surface area contributed by atoms with E-state index in [1.807, 2.05) is 24.3 Å². The summed E-state index contributed by atoms with van der Waals surface area (Å²) >= 11 is 0. The number of nitrogens with one attached hydrogen (secondary N) is 2. The highest BCUT2D eigenvalue weighted by Gasteiger charge is 2.36. The minimum absolute atomic E-state index is 0.0178. The molecule has 1 saturated heterocycles. The minimum Gasteiger partial charge on any atom is -0.349 e. The van der Waals surface area contributed by atoms with Crippen LogP contribution in [0, 0.1) is 0 Å². The van der Waals surface area contributed by atoms with Crippen LogP contribution in [-0.2, 0) is 0 Å². The molecule has 6 nitrogen and oxygen atoms in total. The Morgan fingerprint density at radius 3 is 3.00 bits per heavy atom. The Morgan fingerprint density at radius 1 is 1.26 bits per heavy atom. The van der Waals surface area contributed by atoms with Gasteiger partial charge >= 0.3 is 0 Å². The zero-order valence-electron chi connectivity index (χ0n) is 15.1. The Hall–Kier alpha value is -2.61. The van der Waals surface area contributed by atoms with E-state index in [0.29, 0.717) is 29.4 Å². The summed E-state index contributed by atoms with van der Waals surface area (Å²) in [6.07, 6.45) is 3.48. The largest absolute Gasteiger partial charge is 0.349 e. The van der Waals surface area contributed by atoms with Crippen molar-refractivity contribution in [3.63, 3.8) is 0 Å². The van der Waals surface area contributed by atoms with Crippen molar-refractivity contribution in [1.82, 2.24) is 25.5 Å². The van der Waals surface area contributed by atoms with Crippen LogP contribution >= 0.6 is 0 Å². The van der Waals surface area contributed by atoms with Gasteiger partial charge in [0, 0.05) is 24.2 Å². The number of fused-ring (bicyclic) bond motifs is 1. The second kappa shape index (κ2) is 7.19. The first-order valence-corrected chi connectivity index (χ1v) is 9.18. The molecular weight excluding hydrogens is 350 g/mol. The summed E-state index contributed by atoms with van der Waals surface area (Å²) in [5, 5.41) is 11.1. The number of H-pyrrole nitrogens is 1. The highest BCUT2D eigenvalue weighted by atomic mass is 19.3. The van der Waals surface area contributed by atoms with Gasteiger partial charge in [-0.3, -0.25) is 5.10 Å². The van der Waals surface area contributed by atoms with Gasteiger partial charge in [0.25, 0.3) is 5.92 Å². The molecule has 4 heterocycles. The van der Waals surface area contributed by atoms with Crippen LogP contribution in [-0.4, -0.2) is 51.8 Å². The van der Waals surface area contributed by atoms with Gasteiger partial charge in [-0.2, -0.15) is 5.10 Å². The molecule has 1 atom stereocenters. The summed E-state index contributed by atoms with van der Waals surface area (Å²) in [6.45, 7) is 1.91. The van der Waals surface area contributed by atoms with Crippen molar-refractivity contribution in [3.8, 4) is 11.4 Å². The second-order valence-corrected chi connectivity index (χ2v) is 6.96. The molecule has 0 amide bonds. The number of aromatic amines is 1. The van der Waals surface area contributed by atoms with Gasteiger partial charge in [0.15, 0.2) is 5.65 Å². The van der Waals surface area contributed by atoms with Crippen LogP contribution in [0.1, 0.15) is 19.8 Å². The van der Waals surface area contributed by atoms with Crippen LogP contribution in [0.15, 0.2) is 36.5 Å². The fourth-order valence-corrected chi connectivity index (χ4v) is 3.52. The third kappa shape index (κ3) is 3.75. The molecule has 27 heavy (non-hydrogen) atoms. The Kier molecular flexibility index (Phi) is 4.73. The molecule has 142 valence electrons. The number of rotatable bonds is 4. The zero-order valence-corrected chi connectivity index (χ0v) is 15.1. The lowest BCUT2D eigenvalue weighted by Crippen LogP contribution is -2.38. The minimum atomic E-state index is -2.80. The van der Waals surface area contributed by atoms with E-state index in [0.717, 1.165) is 18.2 Å². The fourth-order valence-electron chi connectivity index (χ4n) is 3.52. The molecule has 0 radical (unpaired) electrons. The highest BCUT2D eigenvalue weighted by Crippen LogP contribution is 2.27. The van der Waals surface area contributed by atoms with Crippen LogP contribution in [0.25, 0.3) is 22.4 Å². The van der Waals surface area contributed by atoms with Crippen molar-refractivity contribution < 1.29 is 8.78 Å². The first-order chi connectivity index (χ1) is 13.1. The Labute approximate surface area is 156 Å². The normalized spacial score (nSPS) is 20.0. The number of aromatic nitrogens is 4. The maximum absolute atomic E-state index is 14.2. The van der Waals surface area contributed by atoms with Gasteiger partial charge in [-0.25, -0.2) is 18.7 Å². The van der Waals surface area contributed by atoms with E-state index in [1.54, 1.807) is 17.2 Å². The molecule has 1 fully saturated rings. The molecule has 2 N–H and O–H groups in total. The predicted octanol–water partition coefficient (Wildman–Crippen LogP) is 3.23. The highest BCUT2D eigenvalue weighted by molar-refractivity contribution is 5.89. The lowest BCUT2D eigenvalue weighted by Gasteiger charge is -2.26. The van der Waals surface area contributed by atoms with Crippen LogP contribution in [0.3, 0.4) is 0 Å². The van der Waals surface area contributed by atoms with Crippen molar-refractivity contribution in [3.05, 3.63) is 36.5 Å². The average molecular weight is 372 g/mol. The molecule has 8 heteroatoms. The van der Waals surface area contributed by atoms with Gasteiger partial charge in [0.2, 0.25) is 0 Å². The topological polar surface area (TPSA) is 69.7 Å². The van der Waals surface area contributed by atoms with E-state index < -0.39 is 5.92 Å². The molecule has 0 bridgehead atoms. The van der Waals surface area contributed by atoms with Crippen molar-refractivity contribution in [2.45, 2.75) is 31.7 Å². The first kappa shape index (κ1) is 17.8. The van der Waals surface area contributed by atoms with Gasteiger partial charge in [-0.15, -0.1) is 0 Å². The van der Waals surface area contributed by atoms with Crippen LogP contribution < -0.4 is 10.2 Å². The van der Waals surface area contributed by atoms with E-state index in [9.17, 15) is 8.78 Å². The van der Waals surface area contributed by atoms with Crippen molar-refractivity contribution in [2.75, 3.05) is 24.5 Å². The third-order valence-corrected chi connectivity index (χ3v) is 4.79. The van der Waals surface area contributed by atoms with Crippen LogP contribution in [0.2, 0.25) is 0 Å². The molecular formula is C19H22F2N6. The standard InChI is InChI=1S/C19H22F2N6/c1-2-5-13-10-27(12-19(20,21)11-23-13)16-8-3-7-15(24-16)17-14-6-4-9-22-18(14)26-25-17/h3-4,6-9,13,23H,2,5,10-12H2,1H3,(H,22,25,26)/t13-/m0/s1. The van der Waals surface area contributed by atoms with Crippen molar-refractivity contribution in [2.24, 2.45) is 0 Å². The summed E-state index contributed by atoms with van der Waals surface area (Å²) in [5.41, 5.74) is 1.98. The van der Waals surface area contributed by atoms with Crippen LogP contribution in [0.4, 0.5) is 14.6 Å². The van der Waals surface area contributed by atoms with E-state index in [-0.39, 0.29) is 19.1 Å². The Balaban J connectivity index is 1.68. The van der Waals surface area contributed by atoms with Crippen molar-refractivity contribution in [1.29, 1.82) is 0 Å². The molecule has 1 aliphatic rings. The molecule has 0 saturated carbocycles. The summed E-state index contributed by atoms with van der Waals surface area (Å²) in [7, 11) is 0. The van der Waals surface area contributed by atoms with Gasteiger partial charge in [0.05, 0.1) is 18.8 Å². The number of pyridine rings is 2. The third-order valence-electron chi connectivity index (χ3n) is 4.79. The fraction of sp³-hybridized carbons (Fsp3) is 0.421. The quantitative estimate of drug-likeness (QED) is 0.736. The molecule has 0 aliphatic carbocycles. The summed E-state index contributed by atoms with van der Waals surface area (Å²) in [5.74, 6) is -2.26. The lowest BCUT2D eigenvalue weighted by atomic mass is 10.1. The Morgan fingerprint density at radius 2 is 2.15 bits per heavy atom. The number of alkyl halides is 2. The van der Waals surface area contributed by atoms with E-state index in [4.69, 9.17) is 0 Å². The smallest absolute Gasteiger partial charge is 0.277 e. The second-order valence-electron chi connectivity index (χ2n) is 6.96. The lowest BCUT2D eigenvalue weighted by molar-refractivity contribution is 0.0143. The predicted molar refractivity (Wildman–Crippen MR) is 101 cm³/mol. The molecule has 4 rings (SSSR count). The van der Waals surface area contributed by atoms with Gasteiger partial charge in [-0.05, 0) is 30.7 Å². The number of hydrogen-bond acceptors (Lipinski definition) is 5. The van der Waals surface area contributed by atoms with Gasteiger partial charge in [-0.1, -0.05) is 19.4 Å². The summed E-state index contributed by atoms with van der Waals surface area (Å²) in [6, 6.07) is 9.22. The first-order valence-electron chi connectivity index (χ1n) is 9.18. The number of hydrogen-bond donors (Lipinski definition) is 2. The van der Waals surface area contributed by atoms with Crippen molar-refractivity contribution >= 4 is 16.9 Å². The number of anilines is 1. The monoisotopic (exact) mass is 372 g/mol. The summed E-state index contributed by atoms with van der Waals surface area (Å²) in [4.78, 5) is 10.6. The number of halogens is 2. The molecule has 0 aromatic carbocycles. The molecule has 3 aromatic rings. The van der Waals surface area contributed by atoms with Gasteiger partial charge in [0.1, 0.15) is 11.5 Å². The van der Waals surface area contributed by atoms with Gasteiger partial charge < -0.3 is 10.2 Å². The maximum atomic E-state index is 14.2. The zero-order chi connectivity index (χ0) is 18.9. The number of nitrogens with zero attached hydrogens (tertiary/aromatic N) is 4.